The summed E-state index contributed by atoms with van der Waals surface area (Å²) in [5, 5.41) is 4.88. The second kappa shape index (κ2) is 5.08. The number of aryl methyl sites for hydroxylation is 2. The summed E-state index contributed by atoms with van der Waals surface area (Å²) in [6.45, 7) is 6.69. The van der Waals surface area contributed by atoms with Gasteiger partial charge in [0.2, 0.25) is 0 Å². The Morgan fingerprint density at radius 1 is 1.16 bits per heavy atom. The molecule has 0 amide bonds. The standard InChI is InChI=1S/C15H21N3S/c1-9-4-6-12(7-5-9)18-14-13-10(2)11(3)19-15(13)17-8-16-14/h8-9,12H,4-7H2,1-3H3,(H,16,17,18). The average Bonchev–Trinajstić information content (AvgIpc) is 2.69. The third-order valence-electron chi connectivity index (χ3n) is 4.32. The maximum Gasteiger partial charge on any atom is 0.138 e. The van der Waals surface area contributed by atoms with Gasteiger partial charge in [0.05, 0.1) is 5.39 Å². The van der Waals surface area contributed by atoms with E-state index in [1.807, 2.05) is 0 Å². The van der Waals surface area contributed by atoms with Crippen molar-refractivity contribution in [3.05, 3.63) is 16.8 Å². The van der Waals surface area contributed by atoms with Crippen LogP contribution in [0, 0.1) is 19.8 Å². The summed E-state index contributed by atoms with van der Waals surface area (Å²) >= 11 is 1.76. The predicted molar refractivity (Wildman–Crippen MR) is 81.9 cm³/mol. The van der Waals surface area contributed by atoms with Gasteiger partial charge >= 0.3 is 0 Å². The summed E-state index contributed by atoms with van der Waals surface area (Å²) in [6, 6.07) is 0.578. The summed E-state index contributed by atoms with van der Waals surface area (Å²) < 4.78 is 0. The largest absolute Gasteiger partial charge is 0.367 e. The van der Waals surface area contributed by atoms with Crippen LogP contribution in [0.5, 0.6) is 0 Å². The number of aromatic nitrogens is 2. The lowest BCUT2D eigenvalue weighted by Crippen LogP contribution is -2.25. The minimum atomic E-state index is 0.578. The van der Waals surface area contributed by atoms with Crippen LogP contribution < -0.4 is 5.32 Å². The first-order chi connectivity index (χ1) is 9.15. The molecule has 1 N–H and O–H groups in total. The Balaban J connectivity index is 1.88. The molecule has 0 saturated heterocycles. The predicted octanol–water partition coefficient (Wildman–Crippen LogP) is 4.30. The molecule has 0 bridgehead atoms. The highest BCUT2D eigenvalue weighted by atomic mass is 32.1. The van der Waals surface area contributed by atoms with Crippen molar-refractivity contribution in [2.45, 2.75) is 52.5 Å². The van der Waals surface area contributed by atoms with Crippen molar-refractivity contribution in [1.29, 1.82) is 0 Å². The molecule has 0 aromatic carbocycles. The number of hydrogen-bond donors (Lipinski definition) is 1. The fourth-order valence-electron chi connectivity index (χ4n) is 2.89. The molecule has 1 aliphatic carbocycles. The molecule has 19 heavy (non-hydrogen) atoms. The van der Waals surface area contributed by atoms with Crippen LogP contribution in [-0.4, -0.2) is 16.0 Å². The Morgan fingerprint density at radius 3 is 2.63 bits per heavy atom. The van der Waals surface area contributed by atoms with Gasteiger partial charge in [-0.2, -0.15) is 0 Å². The van der Waals surface area contributed by atoms with Crippen molar-refractivity contribution >= 4 is 27.4 Å². The molecule has 0 radical (unpaired) electrons. The van der Waals surface area contributed by atoms with Gasteiger partial charge in [0.15, 0.2) is 0 Å². The van der Waals surface area contributed by atoms with Crippen LogP contribution in [0.25, 0.3) is 10.2 Å². The van der Waals surface area contributed by atoms with Gasteiger partial charge in [-0.25, -0.2) is 9.97 Å². The van der Waals surface area contributed by atoms with Crippen molar-refractivity contribution in [3.8, 4) is 0 Å². The van der Waals surface area contributed by atoms with Gasteiger partial charge in [-0.05, 0) is 51.0 Å². The molecule has 2 heterocycles. The molecule has 1 fully saturated rings. The van der Waals surface area contributed by atoms with Crippen molar-refractivity contribution in [2.75, 3.05) is 5.32 Å². The highest BCUT2D eigenvalue weighted by Crippen LogP contribution is 2.34. The van der Waals surface area contributed by atoms with Gasteiger partial charge in [0.25, 0.3) is 0 Å². The maximum atomic E-state index is 4.48. The van der Waals surface area contributed by atoms with Crippen LogP contribution in [0.4, 0.5) is 5.82 Å². The minimum Gasteiger partial charge on any atom is -0.367 e. The van der Waals surface area contributed by atoms with Gasteiger partial charge in [-0.1, -0.05) is 6.92 Å². The highest BCUT2D eigenvalue weighted by molar-refractivity contribution is 7.18. The van der Waals surface area contributed by atoms with E-state index in [-0.39, 0.29) is 0 Å². The molecule has 4 heteroatoms. The molecule has 3 nitrogen and oxygen atoms in total. The summed E-state index contributed by atoms with van der Waals surface area (Å²) in [7, 11) is 0. The molecule has 2 aromatic rings. The van der Waals surface area contributed by atoms with Crippen LogP contribution in [0.1, 0.15) is 43.0 Å². The SMILES string of the molecule is Cc1sc2ncnc(NC3CCC(C)CC3)c2c1C. The fraction of sp³-hybridized carbons (Fsp3) is 0.600. The van der Waals surface area contributed by atoms with E-state index in [0.717, 1.165) is 16.6 Å². The molecular formula is C15H21N3S. The third-order valence-corrected chi connectivity index (χ3v) is 5.44. The second-order valence-corrected chi connectivity index (χ2v) is 6.99. The number of hydrogen-bond acceptors (Lipinski definition) is 4. The van der Waals surface area contributed by atoms with E-state index in [2.05, 4.69) is 36.1 Å². The zero-order chi connectivity index (χ0) is 13.4. The van der Waals surface area contributed by atoms with Crippen molar-refractivity contribution in [2.24, 2.45) is 5.92 Å². The first-order valence-electron chi connectivity index (χ1n) is 7.12. The Kier molecular flexibility index (Phi) is 3.44. The number of nitrogens with one attached hydrogen (secondary N) is 1. The summed E-state index contributed by atoms with van der Waals surface area (Å²) in [6.07, 6.45) is 6.86. The minimum absolute atomic E-state index is 0.578. The molecule has 2 aromatic heterocycles. The summed E-state index contributed by atoms with van der Waals surface area (Å²) in [4.78, 5) is 11.3. The molecule has 0 aliphatic heterocycles. The number of fused-ring (bicyclic) bond motifs is 1. The monoisotopic (exact) mass is 275 g/mol. The van der Waals surface area contributed by atoms with Crippen molar-refractivity contribution in [1.82, 2.24) is 9.97 Å². The molecule has 0 spiro atoms. The Labute approximate surface area is 118 Å². The smallest absolute Gasteiger partial charge is 0.138 e. The van der Waals surface area contributed by atoms with E-state index in [4.69, 9.17) is 0 Å². The molecule has 1 aliphatic rings. The van der Waals surface area contributed by atoms with Crippen LogP contribution in [-0.2, 0) is 0 Å². The lowest BCUT2D eigenvalue weighted by Gasteiger charge is -2.27. The second-order valence-electron chi connectivity index (χ2n) is 5.79. The van der Waals surface area contributed by atoms with Crippen LogP contribution >= 0.6 is 11.3 Å². The van der Waals surface area contributed by atoms with Gasteiger partial charge < -0.3 is 5.32 Å². The zero-order valence-electron chi connectivity index (χ0n) is 11.9. The van der Waals surface area contributed by atoms with E-state index in [1.165, 1.54) is 41.5 Å². The Bertz CT molecular complexity index is 582. The van der Waals surface area contributed by atoms with Gasteiger partial charge in [-0.3, -0.25) is 0 Å². The average molecular weight is 275 g/mol. The fourth-order valence-corrected chi connectivity index (χ4v) is 3.89. The number of rotatable bonds is 2. The lowest BCUT2D eigenvalue weighted by atomic mass is 9.87. The van der Waals surface area contributed by atoms with Crippen molar-refractivity contribution in [3.63, 3.8) is 0 Å². The first-order valence-corrected chi connectivity index (χ1v) is 7.94. The third kappa shape index (κ3) is 2.46. The van der Waals surface area contributed by atoms with E-state index in [1.54, 1.807) is 17.7 Å². The van der Waals surface area contributed by atoms with Crippen LogP contribution in [0.2, 0.25) is 0 Å². The topological polar surface area (TPSA) is 37.8 Å². The van der Waals surface area contributed by atoms with Crippen LogP contribution in [0.15, 0.2) is 6.33 Å². The lowest BCUT2D eigenvalue weighted by molar-refractivity contribution is 0.361. The normalized spacial score (nSPS) is 23.7. The van der Waals surface area contributed by atoms with Crippen molar-refractivity contribution < 1.29 is 0 Å². The van der Waals surface area contributed by atoms with E-state index in [9.17, 15) is 0 Å². The number of thiophene rings is 1. The quantitative estimate of drug-likeness (QED) is 0.888. The maximum absolute atomic E-state index is 4.48. The molecule has 0 unspecified atom stereocenters. The molecule has 0 atom stereocenters. The van der Waals surface area contributed by atoms with E-state index >= 15 is 0 Å². The highest BCUT2D eigenvalue weighted by Gasteiger charge is 2.20. The first kappa shape index (κ1) is 12.9. The number of anilines is 1. The summed E-state index contributed by atoms with van der Waals surface area (Å²) in [5.41, 5.74) is 1.33. The molecular weight excluding hydrogens is 254 g/mol. The Hall–Kier alpha value is -1.16. The summed E-state index contributed by atoms with van der Waals surface area (Å²) in [5.74, 6) is 1.92. The molecule has 3 rings (SSSR count). The molecule has 1 saturated carbocycles. The zero-order valence-corrected chi connectivity index (χ0v) is 12.7. The van der Waals surface area contributed by atoms with Crippen LogP contribution in [0.3, 0.4) is 0 Å². The van der Waals surface area contributed by atoms with Gasteiger partial charge in [-0.15, -0.1) is 11.3 Å². The molecule has 102 valence electrons. The van der Waals surface area contributed by atoms with E-state index < -0.39 is 0 Å². The van der Waals surface area contributed by atoms with Gasteiger partial charge in [0, 0.05) is 10.9 Å². The Morgan fingerprint density at radius 2 is 1.89 bits per heavy atom. The number of nitrogens with zero attached hydrogens (tertiary/aromatic N) is 2. The van der Waals surface area contributed by atoms with Gasteiger partial charge in [0.1, 0.15) is 17.0 Å². The van der Waals surface area contributed by atoms with E-state index in [0.29, 0.717) is 6.04 Å².